The molecule has 2 rings (SSSR count). The van der Waals surface area contributed by atoms with Gasteiger partial charge in [0.2, 0.25) is 0 Å². The van der Waals surface area contributed by atoms with Gasteiger partial charge in [-0.25, -0.2) is 0 Å². The molecule has 1 saturated carbocycles. The van der Waals surface area contributed by atoms with Crippen LogP contribution in [0.25, 0.3) is 0 Å². The summed E-state index contributed by atoms with van der Waals surface area (Å²) in [6, 6.07) is 1.72. The van der Waals surface area contributed by atoms with E-state index in [1.165, 1.54) is 0 Å². The van der Waals surface area contributed by atoms with E-state index in [4.69, 9.17) is 10.5 Å². The highest BCUT2D eigenvalue weighted by Crippen LogP contribution is 2.34. The third kappa shape index (κ3) is 2.31. The summed E-state index contributed by atoms with van der Waals surface area (Å²) >= 11 is 0. The van der Waals surface area contributed by atoms with Crippen LogP contribution < -0.4 is 5.73 Å². The minimum Gasteiger partial charge on any atom is -0.398 e. The van der Waals surface area contributed by atoms with Crippen molar-refractivity contribution < 1.29 is 9.53 Å². The highest BCUT2D eigenvalue weighted by molar-refractivity contribution is 5.90. The minimum absolute atomic E-state index is 0.122. The topological polar surface area (TPSA) is 65.2 Å². The van der Waals surface area contributed by atoms with Gasteiger partial charge in [0.25, 0.3) is 0 Å². The summed E-state index contributed by atoms with van der Waals surface area (Å²) in [6.07, 6.45) is 7.36. The van der Waals surface area contributed by atoms with Gasteiger partial charge in [-0.05, 0) is 31.7 Å². The SMILES string of the molecule is COC1(C(=O)Cc2cnccc2N)CCCC1. The number of methoxy groups -OCH3 is 1. The van der Waals surface area contributed by atoms with Gasteiger partial charge in [0, 0.05) is 37.2 Å². The lowest BCUT2D eigenvalue weighted by atomic mass is 9.91. The molecule has 0 aliphatic heterocycles. The van der Waals surface area contributed by atoms with Crippen molar-refractivity contribution in [3.05, 3.63) is 24.0 Å². The third-order valence-electron chi connectivity index (χ3n) is 3.60. The van der Waals surface area contributed by atoms with E-state index < -0.39 is 5.60 Å². The number of hydrogen-bond donors (Lipinski definition) is 1. The molecule has 1 aliphatic carbocycles. The molecule has 1 aliphatic rings. The molecule has 0 radical (unpaired) electrons. The van der Waals surface area contributed by atoms with Crippen LogP contribution in [0, 0.1) is 0 Å². The maximum atomic E-state index is 12.3. The second-order valence-corrected chi connectivity index (χ2v) is 4.58. The Morgan fingerprint density at radius 1 is 1.53 bits per heavy atom. The van der Waals surface area contributed by atoms with Crippen molar-refractivity contribution in [1.29, 1.82) is 0 Å². The van der Waals surface area contributed by atoms with Crippen molar-refractivity contribution >= 4 is 11.5 Å². The number of pyridine rings is 1. The van der Waals surface area contributed by atoms with E-state index in [1.807, 2.05) is 0 Å². The molecule has 0 unspecified atom stereocenters. The summed E-state index contributed by atoms with van der Waals surface area (Å²) < 4.78 is 5.46. The molecule has 1 aromatic rings. The van der Waals surface area contributed by atoms with Gasteiger partial charge < -0.3 is 10.5 Å². The molecule has 1 fully saturated rings. The number of carbonyl (C=O) groups is 1. The maximum Gasteiger partial charge on any atom is 0.169 e. The van der Waals surface area contributed by atoms with E-state index in [0.29, 0.717) is 12.1 Å². The predicted molar refractivity (Wildman–Crippen MR) is 65.6 cm³/mol. The van der Waals surface area contributed by atoms with E-state index in [-0.39, 0.29) is 5.78 Å². The number of ketones is 1. The first kappa shape index (κ1) is 12.0. The van der Waals surface area contributed by atoms with Gasteiger partial charge in [-0.2, -0.15) is 0 Å². The third-order valence-corrected chi connectivity index (χ3v) is 3.60. The zero-order valence-corrected chi connectivity index (χ0v) is 10.1. The number of Topliss-reactive ketones (excluding diaryl/α,β-unsaturated/α-hetero) is 1. The second kappa shape index (κ2) is 4.84. The monoisotopic (exact) mass is 234 g/mol. The molecule has 92 valence electrons. The predicted octanol–water partition coefficient (Wildman–Crippen LogP) is 1.73. The normalized spacial score (nSPS) is 18.2. The van der Waals surface area contributed by atoms with Crippen LogP contribution in [-0.2, 0) is 16.0 Å². The fourth-order valence-electron chi connectivity index (χ4n) is 2.46. The number of nitrogen functional groups attached to an aromatic ring is 1. The first-order chi connectivity index (χ1) is 8.18. The van der Waals surface area contributed by atoms with Crippen LogP contribution in [0.5, 0.6) is 0 Å². The van der Waals surface area contributed by atoms with E-state index in [2.05, 4.69) is 4.98 Å². The largest absolute Gasteiger partial charge is 0.398 e. The van der Waals surface area contributed by atoms with Crippen molar-refractivity contribution in [2.75, 3.05) is 12.8 Å². The Morgan fingerprint density at radius 3 is 2.82 bits per heavy atom. The lowest BCUT2D eigenvalue weighted by Gasteiger charge is -2.25. The Bertz CT molecular complexity index is 412. The smallest absolute Gasteiger partial charge is 0.169 e. The summed E-state index contributed by atoms with van der Waals surface area (Å²) in [7, 11) is 1.62. The van der Waals surface area contributed by atoms with Crippen molar-refractivity contribution in [2.24, 2.45) is 0 Å². The minimum atomic E-state index is -0.581. The molecule has 0 amide bonds. The first-order valence-corrected chi connectivity index (χ1v) is 5.95. The van der Waals surface area contributed by atoms with Gasteiger partial charge in [-0.15, -0.1) is 0 Å². The fraction of sp³-hybridized carbons (Fsp3) is 0.538. The molecule has 0 spiro atoms. The van der Waals surface area contributed by atoms with Crippen LogP contribution in [-0.4, -0.2) is 23.5 Å². The molecule has 1 heterocycles. The van der Waals surface area contributed by atoms with E-state index in [1.54, 1.807) is 25.6 Å². The van der Waals surface area contributed by atoms with Crippen molar-refractivity contribution in [3.63, 3.8) is 0 Å². The number of nitrogens with zero attached hydrogens (tertiary/aromatic N) is 1. The van der Waals surface area contributed by atoms with Gasteiger partial charge in [-0.3, -0.25) is 9.78 Å². The molecular weight excluding hydrogens is 216 g/mol. The Morgan fingerprint density at radius 2 is 2.24 bits per heavy atom. The average Bonchev–Trinajstić information content (AvgIpc) is 2.82. The quantitative estimate of drug-likeness (QED) is 0.861. The second-order valence-electron chi connectivity index (χ2n) is 4.58. The average molecular weight is 234 g/mol. The number of carbonyl (C=O) groups excluding carboxylic acids is 1. The zero-order chi connectivity index (χ0) is 12.3. The number of ether oxygens (including phenoxy) is 1. The van der Waals surface area contributed by atoms with Crippen molar-refractivity contribution in [1.82, 2.24) is 4.98 Å². The number of hydrogen-bond acceptors (Lipinski definition) is 4. The Balaban J connectivity index is 2.14. The van der Waals surface area contributed by atoms with Crippen molar-refractivity contribution in [3.8, 4) is 0 Å². The standard InChI is InChI=1S/C13H18N2O2/c1-17-13(5-2-3-6-13)12(16)8-10-9-15-7-4-11(10)14/h4,7,9H,2-3,5-6,8H2,1H3,(H2,14,15). The Hall–Kier alpha value is -1.42. The molecule has 1 aromatic heterocycles. The molecular formula is C13H18N2O2. The Kier molecular flexibility index (Phi) is 3.43. The van der Waals surface area contributed by atoms with Crippen LogP contribution >= 0.6 is 0 Å². The summed E-state index contributed by atoms with van der Waals surface area (Å²) in [5.41, 5.74) is 6.65. The highest BCUT2D eigenvalue weighted by atomic mass is 16.5. The van der Waals surface area contributed by atoms with Gasteiger partial charge in [0.1, 0.15) is 5.60 Å². The summed E-state index contributed by atoms with van der Waals surface area (Å²) in [6.45, 7) is 0. The van der Waals surface area contributed by atoms with E-state index in [9.17, 15) is 4.79 Å². The maximum absolute atomic E-state index is 12.3. The molecule has 4 heteroatoms. The van der Waals surface area contributed by atoms with Gasteiger partial charge in [0.15, 0.2) is 5.78 Å². The molecule has 2 N–H and O–H groups in total. The molecule has 0 atom stereocenters. The summed E-state index contributed by atoms with van der Waals surface area (Å²) in [5, 5.41) is 0. The number of nitrogens with two attached hydrogens (primary N) is 1. The summed E-state index contributed by atoms with van der Waals surface area (Å²) in [4.78, 5) is 16.3. The number of rotatable bonds is 4. The Labute approximate surface area is 101 Å². The van der Waals surface area contributed by atoms with Crippen LogP contribution in [0.3, 0.4) is 0 Å². The van der Waals surface area contributed by atoms with Crippen LogP contribution in [0.1, 0.15) is 31.2 Å². The van der Waals surface area contributed by atoms with Gasteiger partial charge in [-0.1, -0.05) is 0 Å². The number of anilines is 1. The number of aromatic nitrogens is 1. The van der Waals surface area contributed by atoms with Crippen LogP contribution in [0.15, 0.2) is 18.5 Å². The van der Waals surface area contributed by atoms with E-state index >= 15 is 0 Å². The zero-order valence-electron chi connectivity index (χ0n) is 10.1. The first-order valence-electron chi connectivity index (χ1n) is 5.95. The van der Waals surface area contributed by atoms with Gasteiger partial charge in [0.05, 0.1) is 0 Å². The molecule has 4 nitrogen and oxygen atoms in total. The van der Waals surface area contributed by atoms with Crippen molar-refractivity contribution in [2.45, 2.75) is 37.7 Å². The molecule has 0 saturated heterocycles. The molecule has 0 bridgehead atoms. The molecule has 0 aromatic carbocycles. The lowest BCUT2D eigenvalue weighted by Crippen LogP contribution is -2.39. The van der Waals surface area contributed by atoms with Crippen LogP contribution in [0.2, 0.25) is 0 Å². The fourth-order valence-corrected chi connectivity index (χ4v) is 2.46. The molecule has 17 heavy (non-hydrogen) atoms. The van der Waals surface area contributed by atoms with Gasteiger partial charge >= 0.3 is 0 Å². The lowest BCUT2D eigenvalue weighted by molar-refractivity contribution is -0.139. The van der Waals surface area contributed by atoms with Crippen LogP contribution in [0.4, 0.5) is 5.69 Å². The summed E-state index contributed by atoms with van der Waals surface area (Å²) in [5.74, 6) is 0.122. The van der Waals surface area contributed by atoms with E-state index in [0.717, 1.165) is 31.2 Å². The highest BCUT2D eigenvalue weighted by Gasteiger charge is 2.40.